The van der Waals surface area contributed by atoms with E-state index in [1.54, 1.807) is 14.2 Å². The van der Waals surface area contributed by atoms with E-state index in [-0.39, 0.29) is 18.2 Å². The van der Waals surface area contributed by atoms with Gasteiger partial charge in [0.25, 0.3) is 0 Å². The smallest absolute Gasteiger partial charge is 0.411 e. The van der Waals surface area contributed by atoms with Crippen LogP contribution >= 0.6 is 0 Å². The molecule has 0 spiro atoms. The van der Waals surface area contributed by atoms with Crippen LogP contribution in [0.15, 0.2) is 42.6 Å². The molecule has 4 heterocycles. The molecule has 2 aliphatic heterocycles. The topological polar surface area (TPSA) is 78.2 Å². The summed E-state index contributed by atoms with van der Waals surface area (Å²) in [7, 11) is 3.22. The Morgan fingerprint density at radius 3 is 2.50 bits per heavy atom. The molecule has 1 aromatic carbocycles. The Morgan fingerprint density at radius 2 is 1.79 bits per heavy atom. The van der Waals surface area contributed by atoms with Crippen LogP contribution in [0.3, 0.4) is 0 Å². The van der Waals surface area contributed by atoms with Crippen LogP contribution in [0.2, 0.25) is 0 Å². The van der Waals surface area contributed by atoms with Gasteiger partial charge in [0.15, 0.2) is 23.0 Å². The van der Waals surface area contributed by atoms with Crippen molar-refractivity contribution in [3.63, 3.8) is 0 Å². The number of amides is 1. The van der Waals surface area contributed by atoms with E-state index in [2.05, 4.69) is 17.1 Å². The third kappa shape index (κ3) is 4.08. The van der Waals surface area contributed by atoms with E-state index in [1.807, 2.05) is 60.6 Å². The molecule has 0 radical (unpaired) electrons. The number of nitrogens with zero attached hydrogens (tertiary/aromatic N) is 4. The predicted molar refractivity (Wildman–Crippen MR) is 129 cm³/mol. The third-order valence-corrected chi connectivity index (χ3v) is 6.34. The molecule has 0 N–H and O–H groups in total. The largest absolute Gasteiger partial charge is 0.493 e. The first-order valence-electron chi connectivity index (χ1n) is 11.6. The Labute approximate surface area is 199 Å². The molecule has 2 bridgehead atoms. The van der Waals surface area contributed by atoms with E-state index < -0.39 is 5.60 Å². The van der Waals surface area contributed by atoms with Crippen molar-refractivity contribution < 1.29 is 19.0 Å². The number of benzene rings is 1. The second-order valence-corrected chi connectivity index (χ2v) is 9.81. The molecule has 0 saturated carbocycles. The minimum atomic E-state index is -0.496. The number of hydrogen-bond acceptors (Lipinski definition) is 6. The van der Waals surface area contributed by atoms with Gasteiger partial charge in [-0.3, -0.25) is 4.90 Å². The lowest BCUT2D eigenvalue weighted by Gasteiger charge is -2.35. The molecule has 5 rings (SSSR count). The maximum atomic E-state index is 12.8. The van der Waals surface area contributed by atoms with Crippen LogP contribution in [0.25, 0.3) is 22.6 Å². The van der Waals surface area contributed by atoms with Crippen molar-refractivity contribution >= 4 is 17.3 Å². The molecule has 3 aromatic rings. The number of rotatable bonds is 4. The van der Waals surface area contributed by atoms with Gasteiger partial charge in [-0.2, -0.15) is 0 Å². The number of methoxy groups -OCH3 is 2. The highest BCUT2D eigenvalue weighted by molar-refractivity contribution is 5.75. The molecule has 1 saturated heterocycles. The molecule has 2 aromatic heterocycles. The molecule has 2 atom stereocenters. The summed E-state index contributed by atoms with van der Waals surface area (Å²) in [6.45, 7) is 5.71. The molecule has 1 fully saturated rings. The summed E-state index contributed by atoms with van der Waals surface area (Å²) >= 11 is 0. The van der Waals surface area contributed by atoms with Gasteiger partial charge in [-0.05, 0) is 81.5 Å². The number of hydrogen-bond donors (Lipinski definition) is 0. The Hall–Kier alpha value is -3.55. The summed E-state index contributed by atoms with van der Waals surface area (Å²) in [5.41, 5.74) is 3.45. The third-order valence-electron chi connectivity index (χ3n) is 6.34. The van der Waals surface area contributed by atoms with Gasteiger partial charge in [0.05, 0.1) is 20.3 Å². The minimum absolute atomic E-state index is 0.0670. The fraction of sp³-hybridized carbons (Fsp3) is 0.423. The number of carbonyl (C=O) groups excluding carboxylic acids is 1. The Bertz CT molecular complexity index is 1270. The van der Waals surface area contributed by atoms with Crippen LogP contribution in [-0.4, -0.2) is 57.5 Å². The van der Waals surface area contributed by atoms with E-state index >= 15 is 0 Å². The normalized spacial score (nSPS) is 19.8. The SMILES string of the molecule is COc1ccc(-c2nc3ccc(C4=CC5CCC(C4)N5C(=O)OC(C)(C)C)cn3n2)cc1OC. The number of carbonyl (C=O) groups is 1. The lowest BCUT2D eigenvalue weighted by molar-refractivity contribution is 0.0175. The average molecular weight is 463 g/mol. The van der Waals surface area contributed by atoms with Gasteiger partial charge in [0.1, 0.15) is 5.60 Å². The molecule has 0 aliphatic carbocycles. The fourth-order valence-electron chi connectivity index (χ4n) is 4.81. The van der Waals surface area contributed by atoms with Crippen LogP contribution in [0.1, 0.15) is 45.6 Å². The van der Waals surface area contributed by atoms with Crippen molar-refractivity contribution in [3.05, 3.63) is 48.2 Å². The molecule has 2 unspecified atom stereocenters. The summed E-state index contributed by atoms with van der Waals surface area (Å²) in [5, 5.41) is 4.70. The first-order chi connectivity index (χ1) is 16.3. The first-order valence-corrected chi connectivity index (χ1v) is 11.6. The molecule has 2 aliphatic rings. The zero-order valence-electron chi connectivity index (χ0n) is 20.2. The van der Waals surface area contributed by atoms with Crippen molar-refractivity contribution in [2.75, 3.05) is 14.2 Å². The van der Waals surface area contributed by atoms with Crippen molar-refractivity contribution in [2.45, 2.75) is 57.7 Å². The molecule has 178 valence electrons. The van der Waals surface area contributed by atoms with E-state index in [4.69, 9.17) is 19.3 Å². The van der Waals surface area contributed by atoms with Crippen molar-refractivity contribution in [1.29, 1.82) is 0 Å². The number of aromatic nitrogens is 3. The van der Waals surface area contributed by atoms with Gasteiger partial charge in [-0.25, -0.2) is 14.3 Å². The van der Waals surface area contributed by atoms with E-state index in [9.17, 15) is 4.79 Å². The summed E-state index contributed by atoms with van der Waals surface area (Å²) in [4.78, 5) is 19.3. The van der Waals surface area contributed by atoms with Gasteiger partial charge >= 0.3 is 6.09 Å². The van der Waals surface area contributed by atoms with Crippen molar-refractivity contribution in [3.8, 4) is 22.9 Å². The Morgan fingerprint density at radius 1 is 1.03 bits per heavy atom. The monoisotopic (exact) mass is 462 g/mol. The van der Waals surface area contributed by atoms with Gasteiger partial charge < -0.3 is 14.2 Å². The summed E-state index contributed by atoms with van der Waals surface area (Å²) in [6, 6.07) is 9.94. The zero-order chi connectivity index (χ0) is 24.0. The predicted octanol–water partition coefficient (Wildman–Crippen LogP) is 4.97. The Balaban J connectivity index is 1.42. The number of ether oxygens (including phenoxy) is 3. The van der Waals surface area contributed by atoms with E-state index in [1.165, 1.54) is 5.57 Å². The highest BCUT2D eigenvalue weighted by Crippen LogP contribution is 2.39. The number of pyridine rings is 1. The van der Waals surface area contributed by atoms with Crippen LogP contribution in [0.5, 0.6) is 11.5 Å². The fourth-order valence-corrected chi connectivity index (χ4v) is 4.81. The summed E-state index contributed by atoms with van der Waals surface area (Å²) in [5.74, 6) is 1.92. The lowest BCUT2D eigenvalue weighted by atomic mass is 9.96. The highest BCUT2D eigenvalue weighted by atomic mass is 16.6. The molecule has 1 amide bonds. The maximum absolute atomic E-state index is 12.8. The second kappa shape index (κ2) is 8.34. The van der Waals surface area contributed by atoms with Gasteiger partial charge in [0.2, 0.25) is 0 Å². The lowest BCUT2D eigenvalue weighted by Crippen LogP contribution is -2.45. The quantitative estimate of drug-likeness (QED) is 0.545. The number of fused-ring (bicyclic) bond motifs is 3. The molecule has 8 nitrogen and oxygen atoms in total. The van der Waals surface area contributed by atoms with Gasteiger partial charge in [-0.1, -0.05) is 6.08 Å². The summed E-state index contributed by atoms with van der Waals surface area (Å²) < 4.78 is 18.2. The van der Waals surface area contributed by atoms with Crippen molar-refractivity contribution in [2.24, 2.45) is 0 Å². The van der Waals surface area contributed by atoms with Crippen LogP contribution in [-0.2, 0) is 4.74 Å². The molecular weight excluding hydrogens is 432 g/mol. The van der Waals surface area contributed by atoms with Crippen molar-refractivity contribution in [1.82, 2.24) is 19.5 Å². The van der Waals surface area contributed by atoms with E-state index in [0.29, 0.717) is 17.3 Å². The average Bonchev–Trinajstić information content (AvgIpc) is 3.35. The van der Waals surface area contributed by atoms with Crippen LogP contribution in [0.4, 0.5) is 4.79 Å². The van der Waals surface area contributed by atoms with Crippen LogP contribution in [0, 0.1) is 0 Å². The summed E-state index contributed by atoms with van der Waals surface area (Å²) in [6.07, 6.45) is 6.75. The van der Waals surface area contributed by atoms with E-state index in [0.717, 1.165) is 36.0 Å². The standard InChI is InChI=1S/C26H30N4O4/c1-26(2,3)34-25(31)30-19-8-9-20(30)13-18(12-19)17-7-11-23-27-24(28-29(23)15-17)16-6-10-21(32-4)22(14-16)33-5/h6-7,10-12,14-15,19-20H,8-9,13H2,1-5H3. The minimum Gasteiger partial charge on any atom is -0.493 e. The Kier molecular flexibility index (Phi) is 5.46. The first kappa shape index (κ1) is 22.3. The molecular formula is C26H30N4O4. The zero-order valence-corrected chi connectivity index (χ0v) is 20.2. The molecule has 8 heteroatoms. The van der Waals surface area contributed by atoms with Gasteiger partial charge in [0, 0.05) is 17.8 Å². The van der Waals surface area contributed by atoms with Crippen LogP contribution < -0.4 is 9.47 Å². The van der Waals surface area contributed by atoms with Gasteiger partial charge in [-0.15, -0.1) is 5.10 Å². The maximum Gasteiger partial charge on any atom is 0.411 e. The second-order valence-electron chi connectivity index (χ2n) is 9.81. The highest BCUT2D eigenvalue weighted by Gasteiger charge is 2.41. The molecule has 34 heavy (non-hydrogen) atoms.